The predicted molar refractivity (Wildman–Crippen MR) is 85.4 cm³/mol. The first-order chi connectivity index (χ1) is 10.2. The maximum Gasteiger partial charge on any atom is 0.251 e. The van der Waals surface area contributed by atoms with Crippen molar-refractivity contribution in [2.75, 3.05) is 13.1 Å². The van der Waals surface area contributed by atoms with Crippen molar-refractivity contribution < 1.29 is 4.79 Å². The summed E-state index contributed by atoms with van der Waals surface area (Å²) in [6.45, 7) is 6.08. The minimum Gasteiger partial charge on any atom is -0.357 e. The number of guanidine groups is 1. The van der Waals surface area contributed by atoms with Crippen molar-refractivity contribution >= 4 is 11.9 Å². The first-order valence-corrected chi connectivity index (χ1v) is 7.65. The van der Waals surface area contributed by atoms with Gasteiger partial charge in [-0.1, -0.05) is 12.1 Å². The van der Waals surface area contributed by atoms with E-state index in [-0.39, 0.29) is 5.91 Å². The van der Waals surface area contributed by atoms with Gasteiger partial charge in [-0.2, -0.15) is 0 Å². The zero-order chi connectivity index (χ0) is 15.1. The molecule has 3 N–H and O–H groups in total. The van der Waals surface area contributed by atoms with Gasteiger partial charge in [-0.3, -0.25) is 4.79 Å². The fraction of sp³-hybridized carbons (Fsp3) is 0.500. The Kier molecular flexibility index (Phi) is 5.60. The van der Waals surface area contributed by atoms with Crippen LogP contribution >= 0.6 is 0 Å². The molecule has 0 aliphatic heterocycles. The molecular weight excluding hydrogens is 264 g/mol. The summed E-state index contributed by atoms with van der Waals surface area (Å²) in [7, 11) is 0. The van der Waals surface area contributed by atoms with Crippen LogP contribution in [-0.2, 0) is 6.54 Å². The van der Waals surface area contributed by atoms with E-state index < -0.39 is 0 Å². The van der Waals surface area contributed by atoms with Crippen molar-refractivity contribution in [3.8, 4) is 0 Å². The zero-order valence-corrected chi connectivity index (χ0v) is 12.8. The number of hydrogen-bond donors (Lipinski definition) is 3. The van der Waals surface area contributed by atoms with Crippen molar-refractivity contribution in [1.29, 1.82) is 0 Å². The number of benzene rings is 1. The van der Waals surface area contributed by atoms with Crippen LogP contribution in [0, 0.1) is 0 Å². The highest BCUT2D eigenvalue weighted by atomic mass is 16.1. The molecule has 1 aliphatic rings. The Morgan fingerprint density at radius 3 is 2.38 bits per heavy atom. The summed E-state index contributed by atoms with van der Waals surface area (Å²) < 4.78 is 0. The van der Waals surface area contributed by atoms with Gasteiger partial charge in [0.25, 0.3) is 5.91 Å². The number of carbonyl (C=O) groups excluding carboxylic acids is 1. The van der Waals surface area contributed by atoms with E-state index in [9.17, 15) is 4.79 Å². The fourth-order valence-electron chi connectivity index (χ4n) is 1.94. The van der Waals surface area contributed by atoms with Crippen LogP contribution in [0.3, 0.4) is 0 Å². The van der Waals surface area contributed by atoms with Gasteiger partial charge in [-0.25, -0.2) is 4.99 Å². The lowest BCUT2D eigenvalue weighted by Gasteiger charge is -2.10. The van der Waals surface area contributed by atoms with Gasteiger partial charge in [0.2, 0.25) is 0 Å². The molecule has 0 bridgehead atoms. The number of carbonyl (C=O) groups is 1. The van der Waals surface area contributed by atoms with E-state index in [1.807, 2.05) is 31.2 Å². The van der Waals surface area contributed by atoms with Crippen LogP contribution in [0.2, 0.25) is 0 Å². The number of nitrogens with one attached hydrogen (secondary N) is 3. The molecule has 1 aliphatic carbocycles. The number of rotatable bonds is 6. The summed E-state index contributed by atoms with van der Waals surface area (Å²) in [5.41, 5.74) is 1.78. The van der Waals surface area contributed by atoms with Crippen LogP contribution in [-0.4, -0.2) is 31.0 Å². The van der Waals surface area contributed by atoms with Crippen LogP contribution in [0.4, 0.5) is 0 Å². The quantitative estimate of drug-likeness (QED) is 0.551. The molecule has 114 valence electrons. The second kappa shape index (κ2) is 7.67. The second-order valence-corrected chi connectivity index (χ2v) is 5.17. The summed E-state index contributed by atoms with van der Waals surface area (Å²) >= 11 is 0. The van der Waals surface area contributed by atoms with Crippen LogP contribution in [0.25, 0.3) is 0 Å². The van der Waals surface area contributed by atoms with Gasteiger partial charge in [0.15, 0.2) is 5.96 Å². The summed E-state index contributed by atoms with van der Waals surface area (Å²) in [5, 5.41) is 9.42. The molecule has 1 aromatic rings. The van der Waals surface area contributed by atoms with Gasteiger partial charge < -0.3 is 16.0 Å². The van der Waals surface area contributed by atoms with E-state index in [2.05, 4.69) is 27.9 Å². The molecule has 1 saturated carbocycles. The Morgan fingerprint density at radius 2 is 1.81 bits per heavy atom. The summed E-state index contributed by atoms with van der Waals surface area (Å²) in [6.07, 6.45) is 2.46. The highest BCUT2D eigenvalue weighted by Crippen LogP contribution is 2.18. The minimum absolute atomic E-state index is 0.0312. The van der Waals surface area contributed by atoms with Crippen LogP contribution in [0.5, 0.6) is 0 Å². The van der Waals surface area contributed by atoms with Gasteiger partial charge in [0, 0.05) is 24.7 Å². The van der Waals surface area contributed by atoms with Gasteiger partial charge in [-0.15, -0.1) is 0 Å². The summed E-state index contributed by atoms with van der Waals surface area (Å²) in [6, 6.07) is 8.18. The molecule has 1 aromatic carbocycles. The Balaban J connectivity index is 1.93. The lowest BCUT2D eigenvalue weighted by molar-refractivity contribution is 0.0956. The van der Waals surface area contributed by atoms with Crippen LogP contribution < -0.4 is 16.0 Å². The van der Waals surface area contributed by atoms with E-state index in [1.54, 1.807) is 0 Å². The van der Waals surface area contributed by atoms with Crippen molar-refractivity contribution in [2.45, 2.75) is 39.3 Å². The highest BCUT2D eigenvalue weighted by molar-refractivity contribution is 5.94. The standard InChI is InChI=1S/C16H24N4O/c1-3-17-15(21)13-7-5-12(6-8-13)11-19-16(18-4-2)20-14-9-10-14/h5-8,14H,3-4,9-11H2,1-2H3,(H,17,21)(H2,18,19,20). The predicted octanol–water partition coefficient (Wildman–Crippen LogP) is 1.65. The zero-order valence-electron chi connectivity index (χ0n) is 12.8. The minimum atomic E-state index is -0.0312. The Labute approximate surface area is 126 Å². The fourth-order valence-corrected chi connectivity index (χ4v) is 1.94. The number of amides is 1. The largest absolute Gasteiger partial charge is 0.357 e. The van der Waals surface area contributed by atoms with E-state index in [0.29, 0.717) is 24.7 Å². The van der Waals surface area contributed by atoms with E-state index >= 15 is 0 Å². The van der Waals surface area contributed by atoms with E-state index in [1.165, 1.54) is 12.8 Å². The molecule has 21 heavy (non-hydrogen) atoms. The molecule has 0 unspecified atom stereocenters. The second-order valence-electron chi connectivity index (χ2n) is 5.17. The first-order valence-electron chi connectivity index (χ1n) is 7.65. The molecule has 2 rings (SSSR count). The number of hydrogen-bond acceptors (Lipinski definition) is 2. The molecule has 0 radical (unpaired) electrons. The van der Waals surface area contributed by atoms with Crippen molar-refractivity contribution in [1.82, 2.24) is 16.0 Å². The smallest absolute Gasteiger partial charge is 0.251 e. The monoisotopic (exact) mass is 288 g/mol. The number of nitrogens with zero attached hydrogens (tertiary/aromatic N) is 1. The third-order valence-corrected chi connectivity index (χ3v) is 3.24. The molecule has 0 heterocycles. The molecule has 0 saturated heterocycles. The first kappa shape index (κ1) is 15.4. The van der Waals surface area contributed by atoms with Gasteiger partial charge >= 0.3 is 0 Å². The van der Waals surface area contributed by atoms with E-state index in [4.69, 9.17) is 0 Å². The van der Waals surface area contributed by atoms with Gasteiger partial charge in [-0.05, 0) is 44.4 Å². The average molecular weight is 288 g/mol. The van der Waals surface area contributed by atoms with Crippen LogP contribution in [0.15, 0.2) is 29.3 Å². The molecule has 5 nitrogen and oxygen atoms in total. The topological polar surface area (TPSA) is 65.5 Å². The van der Waals surface area contributed by atoms with Gasteiger partial charge in [0.1, 0.15) is 0 Å². The molecule has 1 fully saturated rings. The Bertz CT molecular complexity index is 492. The molecule has 0 aromatic heterocycles. The highest BCUT2D eigenvalue weighted by Gasteiger charge is 2.21. The average Bonchev–Trinajstić information content (AvgIpc) is 3.30. The molecule has 0 atom stereocenters. The van der Waals surface area contributed by atoms with Gasteiger partial charge in [0.05, 0.1) is 6.54 Å². The molecule has 0 spiro atoms. The normalized spacial score (nSPS) is 14.7. The lowest BCUT2D eigenvalue weighted by Crippen LogP contribution is -2.38. The molecular formula is C16H24N4O. The molecule has 5 heteroatoms. The van der Waals surface area contributed by atoms with Crippen molar-refractivity contribution in [2.24, 2.45) is 4.99 Å². The maximum atomic E-state index is 11.7. The lowest BCUT2D eigenvalue weighted by atomic mass is 10.1. The summed E-state index contributed by atoms with van der Waals surface area (Å²) in [5.74, 6) is 0.837. The SMILES string of the molecule is CCNC(=O)c1ccc(CN=C(NCC)NC2CC2)cc1. The van der Waals surface area contributed by atoms with E-state index in [0.717, 1.165) is 18.1 Å². The Morgan fingerprint density at radius 1 is 1.14 bits per heavy atom. The van der Waals surface area contributed by atoms with Crippen LogP contribution in [0.1, 0.15) is 42.6 Å². The maximum absolute atomic E-state index is 11.7. The van der Waals surface area contributed by atoms with Crippen molar-refractivity contribution in [3.05, 3.63) is 35.4 Å². The third-order valence-electron chi connectivity index (χ3n) is 3.24. The van der Waals surface area contributed by atoms with Crippen molar-refractivity contribution in [3.63, 3.8) is 0 Å². The molecule has 1 amide bonds. The third kappa shape index (κ3) is 5.10. The Hall–Kier alpha value is -2.04. The number of aliphatic imine (C=N–C) groups is 1. The summed E-state index contributed by atoms with van der Waals surface area (Å²) in [4.78, 5) is 16.2.